The average molecular weight is 877 g/mol. The summed E-state index contributed by atoms with van der Waals surface area (Å²) in [6.45, 7) is 0. The van der Waals surface area contributed by atoms with Gasteiger partial charge in [0.15, 0.2) is 0 Å². The topological polar surface area (TPSA) is 0 Å². The van der Waals surface area contributed by atoms with E-state index in [1.807, 2.05) is 72.8 Å². The summed E-state index contributed by atoms with van der Waals surface area (Å²) in [5, 5.41) is 20.1. The maximum absolute atomic E-state index is 16.3. The number of hydrogen-bond acceptors (Lipinski definition) is 0. The van der Waals surface area contributed by atoms with E-state index in [1.54, 1.807) is 0 Å². The summed E-state index contributed by atoms with van der Waals surface area (Å²) in [4.78, 5) is 0. The molecule has 0 fully saturated rings. The van der Waals surface area contributed by atoms with E-state index in [0.717, 1.165) is 129 Å². The minimum atomic E-state index is -0.501. The molecular weight excluding hydrogens is 845 g/mol. The molecule has 0 atom stereocenters. The standard InChI is InChI=1S/C64H32F4/c65-35-19-29-51(67)49(31-35)57-39-17-9-7-15-37(39)53(33-11-3-1-4-12-33)61-45-25-21-41-42-22-26-46-60-48(28-24-44(56(42)60)43-23-27-47(63(57)61)59(45)55(41)43)64-58(50-32-36(66)20-30-52(50)68)40-18-10-8-16-38(40)54(62(46)64)34-13-5-2-6-14-34/h1-32H. The van der Waals surface area contributed by atoms with Crippen molar-refractivity contribution in [3.63, 3.8) is 0 Å². The van der Waals surface area contributed by atoms with Gasteiger partial charge in [-0.25, -0.2) is 17.6 Å². The SMILES string of the molecule is Fc1ccc(F)c(-c2c3c(c(-c4ccccc4)c4ccccc24)=c2ccc4c5ccc6c7c(ccc(c8ccc=3c2c48)c75)=c2c(-c3cc(F)ccc3F)c3ccccc3c(-c3ccccc3)c2=6)c1. The third kappa shape index (κ3) is 4.78. The Morgan fingerprint density at radius 3 is 0.897 bits per heavy atom. The number of rotatable bonds is 4. The molecule has 13 aromatic carbocycles. The number of hydrogen-bond donors (Lipinski definition) is 0. The van der Waals surface area contributed by atoms with Gasteiger partial charge in [-0.1, -0.05) is 158 Å². The summed E-state index contributed by atoms with van der Waals surface area (Å²) >= 11 is 0. The molecule has 0 N–H and O–H groups in total. The minimum absolute atomic E-state index is 0.225. The lowest BCUT2D eigenvalue weighted by molar-refractivity contribution is 0.603. The highest BCUT2D eigenvalue weighted by Gasteiger charge is 2.26. The van der Waals surface area contributed by atoms with Crippen molar-refractivity contribution in [2.45, 2.75) is 0 Å². The van der Waals surface area contributed by atoms with E-state index < -0.39 is 23.3 Å². The normalized spacial score (nSPS) is 12.4. The molecule has 0 spiro atoms. The van der Waals surface area contributed by atoms with Gasteiger partial charge in [-0.3, -0.25) is 0 Å². The van der Waals surface area contributed by atoms with Crippen LogP contribution in [0.4, 0.5) is 17.6 Å². The van der Waals surface area contributed by atoms with E-state index >= 15 is 17.6 Å². The second kappa shape index (κ2) is 13.5. The maximum Gasteiger partial charge on any atom is 0.131 e. The maximum atomic E-state index is 16.3. The molecule has 0 radical (unpaired) electrons. The van der Waals surface area contributed by atoms with Crippen molar-refractivity contribution in [2.24, 2.45) is 0 Å². The molecule has 0 bridgehead atoms. The lowest BCUT2D eigenvalue weighted by atomic mass is 9.88. The van der Waals surface area contributed by atoms with Crippen LogP contribution in [0.15, 0.2) is 194 Å². The van der Waals surface area contributed by atoms with Crippen LogP contribution in [0.5, 0.6) is 0 Å². The van der Waals surface area contributed by atoms with Gasteiger partial charge in [-0.2, -0.15) is 0 Å². The van der Waals surface area contributed by atoms with E-state index in [9.17, 15) is 0 Å². The van der Waals surface area contributed by atoms with Crippen LogP contribution in [0.2, 0.25) is 0 Å². The Morgan fingerprint density at radius 2 is 0.544 bits per heavy atom. The van der Waals surface area contributed by atoms with Crippen LogP contribution in [0.3, 0.4) is 0 Å². The van der Waals surface area contributed by atoms with Gasteiger partial charge in [-0.05, 0) is 165 Å². The van der Waals surface area contributed by atoms with E-state index in [4.69, 9.17) is 0 Å². The third-order valence-electron chi connectivity index (χ3n) is 14.9. The first-order valence-corrected chi connectivity index (χ1v) is 22.9. The molecule has 0 aromatic heterocycles. The highest BCUT2D eigenvalue weighted by atomic mass is 19.1. The molecule has 0 nitrogen and oxygen atoms in total. The molecule has 13 aromatic rings. The van der Waals surface area contributed by atoms with Crippen molar-refractivity contribution in [2.75, 3.05) is 0 Å². The summed E-state index contributed by atoms with van der Waals surface area (Å²) in [5.41, 5.74) is 5.97. The fraction of sp³-hybridized carbons (Fsp3) is 0. The Hall–Kier alpha value is -8.60. The van der Waals surface area contributed by atoms with Crippen molar-refractivity contribution in [3.8, 4) is 44.5 Å². The highest BCUT2D eigenvalue weighted by molar-refractivity contribution is 6.33. The van der Waals surface area contributed by atoms with Crippen LogP contribution in [-0.2, 0) is 0 Å². The quantitative estimate of drug-likeness (QED) is 0.0939. The Labute approximate surface area is 384 Å². The number of fused-ring (bicyclic) bond motifs is 6. The Balaban J connectivity index is 1.18. The first-order valence-electron chi connectivity index (χ1n) is 22.9. The van der Waals surface area contributed by atoms with Gasteiger partial charge in [0.2, 0.25) is 0 Å². The summed E-state index contributed by atoms with van der Waals surface area (Å²) in [6.07, 6.45) is 0. The highest BCUT2D eigenvalue weighted by Crippen LogP contribution is 2.49. The van der Waals surface area contributed by atoms with Gasteiger partial charge < -0.3 is 0 Å². The second-order valence-electron chi connectivity index (χ2n) is 18.2. The summed E-state index contributed by atoms with van der Waals surface area (Å²) in [6, 6.07) is 62.0. The van der Waals surface area contributed by atoms with Crippen molar-refractivity contribution in [3.05, 3.63) is 259 Å². The zero-order chi connectivity index (χ0) is 45.1. The molecule has 0 heterocycles. The van der Waals surface area contributed by atoms with Crippen LogP contribution in [0, 0.1) is 65.0 Å². The monoisotopic (exact) mass is 876 g/mol. The van der Waals surface area contributed by atoms with Gasteiger partial charge in [0.25, 0.3) is 0 Å². The van der Waals surface area contributed by atoms with Crippen LogP contribution < -0.4 is 0 Å². The number of halogens is 4. The van der Waals surface area contributed by atoms with E-state index in [2.05, 4.69) is 84.9 Å². The molecular formula is C64H32F4. The smallest absolute Gasteiger partial charge is 0.131 e. The predicted molar refractivity (Wildman–Crippen MR) is 268 cm³/mol. The molecule has 316 valence electrons. The predicted octanol–water partition coefficient (Wildman–Crippen LogP) is 17.0. The number of benzene rings is 13. The van der Waals surface area contributed by atoms with Crippen molar-refractivity contribution < 1.29 is 17.6 Å². The summed E-state index contributed by atoms with van der Waals surface area (Å²) in [5.74, 6) is -1.97. The second-order valence-corrected chi connectivity index (χ2v) is 18.2. The van der Waals surface area contributed by atoms with Crippen molar-refractivity contribution in [1.82, 2.24) is 0 Å². The van der Waals surface area contributed by atoms with Crippen LogP contribution in [-0.4, -0.2) is 0 Å². The lowest BCUT2D eigenvalue weighted by Crippen LogP contribution is -1.94. The first-order chi connectivity index (χ1) is 33.4. The van der Waals surface area contributed by atoms with Gasteiger partial charge in [0.1, 0.15) is 23.3 Å². The average Bonchev–Trinajstić information content (AvgIpc) is 3.89. The van der Waals surface area contributed by atoms with Crippen LogP contribution in [0.25, 0.3) is 109 Å². The van der Waals surface area contributed by atoms with E-state index in [1.165, 1.54) is 36.4 Å². The molecule has 0 saturated carbocycles. The van der Waals surface area contributed by atoms with Crippen LogP contribution >= 0.6 is 0 Å². The summed E-state index contributed by atoms with van der Waals surface area (Å²) in [7, 11) is 0. The molecule has 0 saturated heterocycles. The molecule has 2 aliphatic carbocycles. The molecule has 0 unspecified atom stereocenters. The van der Waals surface area contributed by atoms with Gasteiger partial charge in [-0.15, -0.1) is 0 Å². The zero-order valence-corrected chi connectivity index (χ0v) is 36.0. The van der Waals surface area contributed by atoms with Crippen LogP contribution in [0.1, 0.15) is 0 Å². The first kappa shape index (κ1) is 37.6. The third-order valence-corrected chi connectivity index (χ3v) is 14.9. The molecule has 0 aliphatic heterocycles. The Kier molecular flexibility index (Phi) is 7.46. The fourth-order valence-electron chi connectivity index (χ4n) is 12.4. The summed E-state index contributed by atoms with van der Waals surface area (Å²) < 4.78 is 63.2. The molecule has 15 rings (SSSR count). The fourth-order valence-corrected chi connectivity index (χ4v) is 12.4. The van der Waals surface area contributed by atoms with Crippen molar-refractivity contribution in [1.29, 1.82) is 0 Å². The van der Waals surface area contributed by atoms with Gasteiger partial charge in [0.05, 0.1) is 0 Å². The minimum Gasteiger partial charge on any atom is -0.207 e. The van der Waals surface area contributed by atoms with Gasteiger partial charge in [0, 0.05) is 22.3 Å². The molecule has 68 heavy (non-hydrogen) atoms. The molecule has 0 amide bonds. The molecule has 4 heteroatoms. The van der Waals surface area contributed by atoms with E-state index in [-0.39, 0.29) is 11.1 Å². The Morgan fingerprint density at radius 1 is 0.235 bits per heavy atom. The molecule has 2 aliphatic rings. The van der Waals surface area contributed by atoms with E-state index in [0.29, 0.717) is 11.1 Å². The lowest BCUT2D eigenvalue weighted by Gasteiger charge is -2.15. The largest absolute Gasteiger partial charge is 0.207 e. The van der Waals surface area contributed by atoms with Gasteiger partial charge >= 0.3 is 0 Å². The Bertz CT molecular complexity index is 4550. The van der Waals surface area contributed by atoms with Crippen molar-refractivity contribution >= 4 is 64.6 Å². The zero-order valence-electron chi connectivity index (χ0n) is 36.0.